The fraction of sp³-hybridized carbons (Fsp3) is 0.455. The Morgan fingerprint density at radius 2 is 1.83 bits per heavy atom. The highest BCUT2D eigenvalue weighted by Crippen LogP contribution is 2.32. The Morgan fingerprint density at radius 3 is 2.40 bits per heavy atom. The Labute approximate surface area is 176 Å². The average Bonchev–Trinajstić information content (AvgIpc) is 3.14. The number of anilines is 1. The van der Waals surface area contributed by atoms with E-state index >= 15 is 0 Å². The van der Waals surface area contributed by atoms with Crippen LogP contribution in [0.2, 0.25) is 0 Å². The van der Waals surface area contributed by atoms with Gasteiger partial charge in [-0.1, -0.05) is 45.9 Å². The summed E-state index contributed by atoms with van der Waals surface area (Å²) < 4.78 is 0.546. The Morgan fingerprint density at radius 1 is 1.20 bits per heavy atom. The molecular formula is C22H28N4O4. The van der Waals surface area contributed by atoms with Crippen molar-refractivity contribution in [2.45, 2.75) is 58.5 Å². The molecule has 8 nitrogen and oxygen atoms in total. The van der Waals surface area contributed by atoms with Crippen molar-refractivity contribution < 1.29 is 14.4 Å². The number of nitrogens with zero attached hydrogens (tertiary/aromatic N) is 3. The standard InChI is InChI=1S/C22H28N4O4/c1-14(2)16-7-5-8-17(15(3)4)21(16)22(27)23-20-9-6-11-25(20)19-13-24(28)12-10-18(19)26(29)30/h5,7-8,10,12-15,20H,6,9,11H2,1-4H3,(H,23,27). The van der Waals surface area contributed by atoms with E-state index in [1.807, 2.05) is 18.2 Å². The molecule has 0 radical (unpaired) electrons. The molecule has 1 aliphatic rings. The molecule has 3 rings (SSSR count). The van der Waals surface area contributed by atoms with Crippen molar-refractivity contribution in [3.05, 3.63) is 68.7 Å². The van der Waals surface area contributed by atoms with Crippen LogP contribution in [0.5, 0.6) is 0 Å². The lowest BCUT2D eigenvalue weighted by Crippen LogP contribution is -2.46. The molecule has 1 aromatic carbocycles. The first kappa shape index (κ1) is 21.5. The predicted molar refractivity (Wildman–Crippen MR) is 115 cm³/mol. The fourth-order valence-electron chi connectivity index (χ4n) is 4.08. The minimum Gasteiger partial charge on any atom is -0.619 e. The van der Waals surface area contributed by atoms with E-state index < -0.39 is 11.1 Å². The number of aromatic nitrogens is 1. The van der Waals surface area contributed by atoms with Gasteiger partial charge in [-0.3, -0.25) is 14.9 Å². The summed E-state index contributed by atoms with van der Waals surface area (Å²) in [5.74, 6) is 0.172. The van der Waals surface area contributed by atoms with Crippen molar-refractivity contribution >= 4 is 17.3 Å². The molecule has 1 N–H and O–H groups in total. The maximum absolute atomic E-state index is 13.4. The molecule has 1 aromatic heterocycles. The SMILES string of the molecule is CC(C)c1cccc(C(C)C)c1C(=O)NC1CCCN1c1c[n+]([O-])ccc1[N+](=O)[O-]. The van der Waals surface area contributed by atoms with Crippen LogP contribution in [-0.2, 0) is 0 Å². The van der Waals surface area contributed by atoms with Crippen LogP contribution in [-0.4, -0.2) is 23.5 Å². The summed E-state index contributed by atoms with van der Waals surface area (Å²) in [6.45, 7) is 8.74. The number of nitro groups is 1. The molecule has 1 fully saturated rings. The molecule has 0 aliphatic carbocycles. The molecule has 1 amide bonds. The van der Waals surface area contributed by atoms with Gasteiger partial charge in [0.1, 0.15) is 6.17 Å². The first-order valence-electron chi connectivity index (χ1n) is 10.3. The zero-order chi connectivity index (χ0) is 22.0. The highest BCUT2D eigenvalue weighted by atomic mass is 16.6. The lowest BCUT2D eigenvalue weighted by Gasteiger charge is -2.27. The third-order valence-electron chi connectivity index (χ3n) is 5.55. The van der Waals surface area contributed by atoms with Crippen molar-refractivity contribution in [2.24, 2.45) is 0 Å². The molecule has 160 valence electrons. The van der Waals surface area contributed by atoms with Crippen molar-refractivity contribution in [1.82, 2.24) is 5.32 Å². The monoisotopic (exact) mass is 412 g/mol. The number of benzene rings is 1. The van der Waals surface area contributed by atoms with E-state index in [9.17, 15) is 20.1 Å². The minimum atomic E-state index is -0.503. The van der Waals surface area contributed by atoms with E-state index in [0.717, 1.165) is 23.7 Å². The number of carbonyl (C=O) groups is 1. The maximum Gasteiger partial charge on any atom is 0.304 e. The van der Waals surface area contributed by atoms with E-state index in [-0.39, 0.29) is 29.1 Å². The molecule has 30 heavy (non-hydrogen) atoms. The van der Waals surface area contributed by atoms with Crippen molar-refractivity contribution in [1.29, 1.82) is 0 Å². The van der Waals surface area contributed by atoms with Gasteiger partial charge in [0.05, 0.1) is 11.0 Å². The molecule has 8 heteroatoms. The van der Waals surface area contributed by atoms with Crippen molar-refractivity contribution in [3.8, 4) is 0 Å². The zero-order valence-corrected chi connectivity index (χ0v) is 17.8. The van der Waals surface area contributed by atoms with Gasteiger partial charge in [-0.15, -0.1) is 0 Å². The van der Waals surface area contributed by atoms with Gasteiger partial charge in [-0.25, -0.2) is 0 Å². The lowest BCUT2D eigenvalue weighted by atomic mass is 9.88. The van der Waals surface area contributed by atoms with Crippen LogP contribution in [0.25, 0.3) is 0 Å². The maximum atomic E-state index is 13.4. The number of carbonyl (C=O) groups excluding carboxylic acids is 1. The molecule has 1 aliphatic heterocycles. The number of hydrogen-bond donors (Lipinski definition) is 1. The van der Waals surface area contributed by atoms with E-state index in [1.165, 1.54) is 12.3 Å². The zero-order valence-electron chi connectivity index (χ0n) is 17.8. The quantitative estimate of drug-likeness (QED) is 0.336. The highest BCUT2D eigenvalue weighted by molar-refractivity contribution is 5.98. The molecule has 0 bridgehead atoms. The van der Waals surface area contributed by atoms with Crippen LogP contribution in [0.15, 0.2) is 36.7 Å². The molecular weight excluding hydrogens is 384 g/mol. The highest BCUT2D eigenvalue weighted by Gasteiger charge is 2.33. The van der Waals surface area contributed by atoms with Crippen LogP contribution in [0.3, 0.4) is 0 Å². The molecule has 0 saturated carbocycles. The van der Waals surface area contributed by atoms with Gasteiger partial charge in [-0.05, 0) is 35.8 Å². The van der Waals surface area contributed by atoms with Gasteiger partial charge in [0.2, 0.25) is 6.20 Å². The molecule has 1 saturated heterocycles. The third-order valence-corrected chi connectivity index (χ3v) is 5.55. The summed E-state index contributed by atoms with van der Waals surface area (Å²) in [6.07, 6.45) is 3.30. The van der Waals surface area contributed by atoms with Crippen LogP contribution >= 0.6 is 0 Å². The summed E-state index contributed by atoms with van der Waals surface area (Å²) in [5, 5.41) is 26.3. The number of hydrogen-bond acceptors (Lipinski definition) is 5. The van der Waals surface area contributed by atoms with Crippen LogP contribution in [0, 0.1) is 15.3 Å². The normalized spacial score (nSPS) is 16.3. The minimum absolute atomic E-state index is 0.145. The smallest absolute Gasteiger partial charge is 0.304 e. The number of rotatable bonds is 6. The van der Waals surface area contributed by atoms with Gasteiger partial charge in [-0.2, -0.15) is 4.73 Å². The summed E-state index contributed by atoms with van der Waals surface area (Å²) in [7, 11) is 0. The third kappa shape index (κ3) is 4.22. The van der Waals surface area contributed by atoms with Crippen LogP contribution in [0.4, 0.5) is 11.4 Å². The van der Waals surface area contributed by atoms with Crippen LogP contribution < -0.4 is 14.9 Å². The number of nitrogens with one attached hydrogen (secondary N) is 1. The fourth-order valence-corrected chi connectivity index (χ4v) is 4.08. The second kappa shape index (κ2) is 8.69. The first-order chi connectivity index (χ1) is 14.2. The lowest BCUT2D eigenvalue weighted by molar-refractivity contribution is -0.605. The van der Waals surface area contributed by atoms with Gasteiger partial charge < -0.3 is 15.4 Å². The molecule has 2 aromatic rings. The van der Waals surface area contributed by atoms with Gasteiger partial charge in [0.15, 0.2) is 11.9 Å². The summed E-state index contributed by atoms with van der Waals surface area (Å²) in [6, 6.07) is 7.12. The Bertz CT molecular complexity index is 932. The Balaban J connectivity index is 1.95. The Kier molecular flexibility index (Phi) is 6.24. The second-order valence-corrected chi connectivity index (χ2v) is 8.28. The number of amides is 1. The molecule has 1 unspecified atom stereocenters. The van der Waals surface area contributed by atoms with E-state index in [4.69, 9.17) is 0 Å². The van der Waals surface area contributed by atoms with E-state index in [2.05, 4.69) is 33.0 Å². The largest absolute Gasteiger partial charge is 0.619 e. The van der Waals surface area contributed by atoms with Crippen LogP contribution in [0.1, 0.15) is 73.9 Å². The van der Waals surface area contributed by atoms with Crippen molar-refractivity contribution in [2.75, 3.05) is 11.4 Å². The van der Waals surface area contributed by atoms with Gasteiger partial charge in [0.25, 0.3) is 5.91 Å². The summed E-state index contributed by atoms with van der Waals surface area (Å²) in [4.78, 5) is 26.1. The second-order valence-electron chi connectivity index (χ2n) is 8.28. The first-order valence-corrected chi connectivity index (χ1v) is 10.3. The van der Waals surface area contributed by atoms with Crippen molar-refractivity contribution in [3.63, 3.8) is 0 Å². The van der Waals surface area contributed by atoms with E-state index in [0.29, 0.717) is 23.3 Å². The Hall–Kier alpha value is -3.16. The summed E-state index contributed by atoms with van der Waals surface area (Å²) in [5.41, 5.74) is 2.71. The topological polar surface area (TPSA) is 102 Å². The molecule has 2 heterocycles. The van der Waals surface area contributed by atoms with E-state index in [1.54, 1.807) is 4.90 Å². The molecule has 0 spiro atoms. The predicted octanol–water partition coefficient (Wildman–Crippen LogP) is 3.83. The summed E-state index contributed by atoms with van der Waals surface area (Å²) >= 11 is 0. The molecule has 1 atom stereocenters. The number of pyridine rings is 1. The average molecular weight is 412 g/mol. The van der Waals surface area contributed by atoms with Gasteiger partial charge in [0, 0.05) is 12.1 Å². The van der Waals surface area contributed by atoms with Gasteiger partial charge >= 0.3 is 5.69 Å².